The SMILES string of the molecule is CC(C)C(C)NC1=Nc2sccc2S(=O)(=O)N1. The molecular weight excluding hydrogens is 258 g/mol. The van der Waals surface area contributed by atoms with E-state index in [9.17, 15) is 8.42 Å². The maximum Gasteiger partial charge on any atom is 0.267 e. The summed E-state index contributed by atoms with van der Waals surface area (Å²) in [4.78, 5) is 4.51. The maximum absolute atomic E-state index is 11.9. The van der Waals surface area contributed by atoms with E-state index in [0.29, 0.717) is 16.9 Å². The summed E-state index contributed by atoms with van der Waals surface area (Å²) in [6.45, 7) is 6.11. The zero-order valence-corrected chi connectivity index (χ0v) is 11.5. The highest BCUT2D eigenvalue weighted by Crippen LogP contribution is 2.32. The van der Waals surface area contributed by atoms with E-state index in [1.807, 2.05) is 6.92 Å². The number of aliphatic imine (C=N–C) groups is 1. The van der Waals surface area contributed by atoms with Crippen molar-refractivity contribution in [1.82, 2.24) is 10.0 Å². The van der Waals surface area contributed by atoms with Crippen LogP contribution in [0, 0.1) is 5.92 Å². The molecule has 1 atom stereocenters. The number of sulfonamides is 1. The van der Waals surface area contributed by atoms with Crippen molar-refractivity contribution in [3.63, 3.8) is 0 Å². The summed E-state index contributed by atoms with van der Waals surface area (Å²) in [5, 5.41) is 5.33. The second kappa shape index (κ2) is 4.30. The molecule has 1 unspecified atom stereocenters. The predicted octanol–water partition coefficient (Wildman–Crippen LogP) is 1.66. The van der Waals surface area contributed by atoms with Gasteiger partial charge in [0.1, 0.15) is 9.90 Å². The van der Waals surface area contributed by atoms with Crippen LogP contribution < -0.4 is 10.0 Å². The molecule has 0 saturated heterocycles. The Balaban J connectivity index is 2.29. The van der Waals surface area contributed by atoms with Gasteiger partial charge in [-0.2, -0.15) is 0 Å². The van der Waals surface area contributed by atoms with Gasteiger partial charge in [0.25, 0.3) is 10.0 Å². The van der Waals surface area contributed by atoms with Crippen molar-refractivity contribution in [2.45, 2.75) is 31.7 Å². The van der Waals surface area contributed by atoms with Crippen molar-refractivity contribution >= 4 is 32.3 Å². The highest BCUT2D eigenvalue weighted by Gasteiger charge is 2.27. The Morgan fingerprint density at radius 1 is 1.41 bits per heavy atom. The molecule has 5 nitrogen and oxygen atoms in total. The minimum atomic E-state index is -3.45. The van der Waals surface area contributed by atoms with E-state index >= 15 is 0 Å². The minimum absolute atomic E-state index is 0.151. The lowest BCUT2D eigenvalue weighted by Crippen LogP contribution is -2.47. The lowest BCUT2D eigenvalue weighted by Gasteiger charge is -2.22. The maximum atomic E-state index is 11.9. The van der Waals surface area contributed by atoms with E-state index in [2.05, 4.69) is 28.9 Å². The van der Waals surface area contributed by atoms with Gasteiger partial charge in [-0.3, -0.25) is 0 Å². The van der Waals surface area contributed by atoms with Gasteiger partial charge in [-0.25, -0.2) is 18.1 Å². The van der Waals surface area contributed by atoms with Crippen LogP contribution in [0.25, 0.3) is 0 Å². The van der Waals surface area contributed by atoms with Gasteiger partial charge in [-0.05, 0) is 24.3 Å². The quantitative estimate of drug-likeness (QED) is 0.861. The summed E-state index contributed by atoms with van der Waals surface area (Å²) in [6, 6.07) is 1.71. The summed E-state index contributed by atoms with van der Waals surface area (Å²) in [5.41, 5.74) is 0. The Bertz CT molecular complexity index is 546. The van der Waals surface area contributed by atoms with Crippen molar-refractivity contribution in [1.29, 1.82) is 0 Å². The van der Waals surface area contributed by atoms with Gasteiger partial charge in [-0.1, -0.05) is 13.8 Å². The third kappa shape index (κ3) is 2.44. The first kappa shape index (κ1) is 12.4. The third-order valence-electron chi connectivity index (χ3n) is 2.71. The van der Waals surface area contributed by atoms with Crippen LogP contribution in [0.1, 0.15) is 20.8 Å². The smallest absolute Gasteiger partial charge is 0.267 e. The van der Waals surface area contributed by atoms with Crippen LogP contribution in [0.15, 0.2) is 21.3 Å². The van der Waals surface area contributed by atoms with Crippen molar-refractivity contribution in [2.24, 2.45) is 10.9 Å². The summed E-state index contributed by atoms with van der Waals surface area (Å²) < 4.78 is 26.2. The molecule has 0 saturated carbocycles. The molecule has 7 heteroatoms. The van der Waals surface area contributed by atoms with E-state index < -0.39 is 10.0 Å². The van der Waals surface area contributed by atoms with Crippen LogP contribution in [0.2, 0.25) is 0 Å². The van der Waals surface area contributed by atoms with Crippen LogP contribution in [0.4, 0.5) is 5.00 Å². The van der Waals surface area contributed by atoms with Gasteiger partial charge in [0.15, 0.2) is 0 Å². The molecule has 0 amide bonds. The molecule has 1 aliphatic rings. The van der Waals surface area contributed by atoms with E-state index in [4.69, 9.17) is 0 Å². The van der Waals surface area contributed by atoms with E-state index in [1.54, 1.807) is 11.4 Å². The van der Waals surface area contributed by atoms with Gasteiger partial charge in [0.2, 0.25) is 5.96 Å². The molecular formula is C10H15N3O2S2. The Kier molecular flexibility index (Phi) is 3.13. The normalized spacial score (nSPS) is 19.2. The number of nitrogens with zero attached hydrogens (tertiary/aromatic N) is 1. The van der Waals surface area contributed by atoms with Crippen LogP contribution in [0.5, 0.6) is 0 Å². The molecule has 0 aromatic carbocycles. The molecule has 0 aliphatic carbocycles. The largest absolute Gasteiger partial charge is 0.353 e. The van der Waals surface area contributed by atoms with Crippen molar-refractivity contribution in [3.8, 4) is 0 Å². The van der Waals surface area contributed by atoms with Gasteiger partial charge in [0.05, 0.1) is 0 Å². The number of hydrogen-bond donors (Lipinski definition) is 2. The van der Waals surface area contributed by atoms with E-state index in [1.165, 1.54) is 11.3 Å². The standard InChI is InChI=1S/C10H15N3O2S2/c1-6(2)7(3)11-10-12-9-8(4-5-16-9)17(14,15)13-10/h4-7H,1-3H3,(H2,11,12,13). The summed E-state index contributed by atoms with van der Waals surface area (Å²) in [7, 11) is -3.45. The molecule has 0 spiro atoms. The molecule has 1 aromatic rings. The molecule has 2 heterocycles. The zero-order valence-electron chi connectivity index (χ0n) is 9.89. The average molecular weight is 273 g/mol. The summed E-state index contributed by atoms with van der Waals surface area (Å²) >= 11 is 1.32. The number of nitrogens with one attached hydrogen (secondary N) is 2. The number of guanidine groups is 1. The predicted molar refractivity (Wildman–Crippen MR) is 69.2 cm³/mol. The van der Waals surface area contributed by atoms with Gasteiger partial charge in [0, 0.05) is 6.04 Å². The van der Waals surface area contributed by atoms with Gasteiger partial charge >= 0.3 is 0 Å². The van der Waals surface area contributed by atoms with Crippen LogP contribution in [0.3, 0.4) is 0 Å². The Morgan fingerprint density at radius 2 is 2.12 bits per heavy atom. The number of hydrogen-bond acceptors (Lipinski definition) is 5. The monoisotopic (exact) mass is 273 g/mol. The summed E-state index contributed by atoms with van der Waals surface area (Å²) in [5.74, 6) is 0.702. The van der Waals surface area contributed by atoms with Crippen LogP contribution in [-0.4, -0.2) is 20.4 Å². The highest BCUT2D eigenvalue weighted by atomic mass is 32.2. The van der Waals surface area contributed by atoms with Gasteiger partial charge < -0.3 is 5.32 Å². The number of fused-ring (bicyclic) bond motifs is 1. The molecule has 1 aromatic heterocycles. The second-order valence-corrected chi connectivity index (χ2v) is 6.88. The lowest BCUT2D eigenvalue weighted by molar-refractivity contribution is 0.483. The minimum Gasteiger partial charge on any atom is -0.353 e. The molecule has 1 aliphatic heterocycles. The van der Waals surface area contributed by atoms with Crippen molar-refractivity contribution in [3.05, 3.63) is 11.4 Å². The Morgan fingerprint density at radius 3 is 2.76 bits per heavy atom. The lowest BCUT2D eigenvalue weighted by atomic mass is 10.1. The number of rotatable bonds is 2. The molecule has 2 N–H and O–H groups in total. The average Bonchev–Trinajstić information content (AvgIpc) is 2.65. The fourth-order valence-electron chi connectivity index (χ4n) is 1.33. The Hall–Kier alpha value is -1.08. The van der Waals surface area contributed by atoms with Crippen molar-refractivity contribution < 1.29 is 8.42 Å². The first-order valence-corrected chi connectivity index (χ1v) is 7.72. The summed E-state index contributed by atoms with van der Waals surface area (Å²) in [6.07, 6.45) is 0. The fraction of sp³-hybridized carbons (Fsp3) is 0.500. The first-order chi connectivity index (χ1) is 7.90. The van der Waals surface area contributed by atoms with Crippen molar-refractivity contribution in [2.75, 3.05) is 0 Å². The molecule has 0 fully saturated rings. The molecule has 2 rings (SSSR count). The zero-order chi connectivity index (χ0) is 12.6. The molecule has 94 valence electrons. The fourth-order valence-corrected chi connectivity index (χ4v) is 3.54. The molecule has 17 heavy (non-hydrogen) atoms. The van der Waals surface area contributed by atoms with Crippen LogP contribution >= 0.6 is 11.3 Å². The third-order valence-corrected chi connectivity index (χ3v) is 5.01. The molecule has 0 bridgehead atoms. The second-order valence-electron chi connectivity index (χ2n) is 4.33. The van der Waals surface area contributed by atoms with E-state index in [-0.39, 0.29) is 10.9 Å². The first-order valence-electron chi connectivity index (χ1n) is 5.35. The van der Waals surface area contributed by atoms with E-state index in [0.717, 1.165) is 0 Å². The van der Waals surface area contributed by atoms with Gasteiger partial charge in [-0.15, -0.1) is 11.3 Å². The van der Waals surface area contributed by atoms with Crippen LogP contribution in [-0.2, 0) is 10.0 Å². The highest BCUT2D eigenvalue weighted by molar-refractivity contribution is 7.90. The Labute approximate surface area is 105 Å². The number of thiophene rings is 1. The molecule has 0 radical (unpaired) electrons. The topological polar surface area (TPSA) is 70.6 Å².